The molecular weight excluding hydrogens is 483 g/mol. The first-order valence-corrected chi connectivity index (χ1v) is 12.2. The summed E-state index contributed by atoms with van der Waals surface area (Å²) in [6.45, 7) is 1.03. The van der Waals surface area contributed by atoms with Gasteiger partial charge < -0.3 is 20.9 Å². The summed E-state index contributed by atoms with van der Waals surface area (Å²) < 4.78 is 47.7. The van der Waals surface area contributed by atoms with E-state index in [2.05, 4.69) is 10.3 Å². The molecule has 37 heavy (non-hydrogen) atoms. The van der Waals surface area contributed by atoms with E-state index in [0.29, 0.717) is 48.2 Å². The Labute approximate surface area is 213 Å². The predicted octanol–water partition coefficient (Wildman–Crippen LogP) is 3.05. The summed E-state index contributed by atoms with van der Waals surface area (Å²) in [5.41, 5.74) is 8.46. The number of ether oxygens (including phenoxy) is 1. The molecule has 0 radical (unpaired) electrons. The number of nitrogens with zero attached hydrogens (tertiary/aromatic N) is 1. The number of aliphatic hydroxyl groups excluding tert-OH is 1. The average Bonchev–Trinajstić information content (AvgIpc) is 2.90. The number of carbonyl (C=O) groups excluding carboxylic acids is 1. The minimum atomic E-state index is -1.05. The summed E-state index contributed by atoms with van der Waals surface area (Å²) in [6, 6.07) is 10.2. The molecule has 196 valence electrons. The van der Waals surface area contributed by atoms with E-state index < -0.39 is 29.4 Å². The first-order chi connectivity index (χ1) is 17.9. The number of hydrogen-bond donors (Lipinski definition) is 3. The number of rotatable bonds is 10. The molecule has 3 atom stereocenters. The number of aromatic nitrogens is 1. The molecule has 0 aliphatic carbocycles. The third-order valence-corrected chi connectivity index (χ3v) is 6.70. The van der Waals surface area contributed by atoms with Crippen LogP contribution in [-0.2, 0) is 22.4 Å². The van der Waals surface area contributed by atoms with Gasteiger partial charge in [0, 0.05) is 31.6 Å². The number of carbonyl (C=O) groups is 1. The number of Topliss-reactive ketones (excluding diaryl/α,β-unsaturated/α-hetero) is 1. The van der Waals surface area contributed by atoms with E-state index in [-0.39, 0.29) is 31.0 Å². The van der Waals surface area contributed by atoms with Gasteiger partial charge in [-0.25, -0.2) is 13.2 Å². The molecule has 4 N–H and O–H groups in total. The molecule has 1 aromatic heterocycles. The number of benzene rings is 2. The zero-order valence-corrected chi connectivity index (χ0v) is 20.2. The van der Waals surface area contributed by atoms with Gasteiger partial charge in [0.2, 0.25) is 0 Å². The van der Waals surface area contributed by atoms with Crippen LogP contribution in [0.1, 0.15) is 34.6 Å². The molecule has 2 heterocycles. The molecule has 2 aromatic carbocycles. The van der Waals surface area contributed by atoms with Gasteiger partial charge in [-0.05, 0) is 59.4 Å². The SMILES string of the molecule is N[C@H](C(=O)Cc1cncc(F)c1CC[C@@H]1CNC[C@@H](CO)O1)C(c1ccc(F)cc1)c1ccc(F)cc1. The van der Waals surface area contributed by atoms with Crippen LogP contribution in [-0.4, -0.2) is 53.8 Å². The zero-order chi connectivity index (χ0) is 26.4. The monoisotopic (exact) mass is 513 g/mol. The summed E-state index contributed by atoms with van der Waals surface area (Å²) in [7, 11) is 0. The summed E-state index contributed by atoms with van der Waals surface area (Å²) in [5.74, 6) is -2.40. The van der Waals surface area contributed by atoms with Crippen LogP contribution < -0.4 is 11.1 Å². The number of aliphatic hydroxyl groups is 1. The minimum Gasteiger partial charge on any atom is -0.394 e. The first kappa shape index (κ1) is 26.9. The fraction of sp³-hybridized carbons (Fsp3) is 0.357. The van der Waals surface area contributed by atoms with Gasteiger partial charge in [0.1, 0.15) is 17.5 Å². The number of pyridine rings is 1. The molecule has 1 fully saturated rings. The first-order valence-electron chi connectivity index (χ1n) is 12.2. The lowest BCUT2D eigenvalue weighted by atomic mass is 9.82. The Hall–Kier alpha value is -3.11. The van der Waals surface area contributed by atoms with Gasteiger partial charge in [0.05, 0.1) is 31.1 Å². The highest BCUT2D eigenvalue weighted by molar-refractivity contribution is 5.87. The lowest BCUT2D eigenvalue weighted by Crippen LogP contribution is -2.46. The topological polar surface area (TPSA) is 97.5 Å². The van der Waals surface area contributed by atoms with Crippen LogP contribution >= 0.6 is 0 Å². The van der Waals surface area contributed by atoms with Gasteiger partial charge in [-0.1, -0.05) is 24.3 Å². The van der Waals surface area contributed by atoms with Crippen molar-refractivity contribution in [3.05, 3.63) is 101 Å². The Morgan fingerprint density at radius 2 is 1.59 bits per heavy atom. The number of nitrogens with two attached hydrogens (primary N) is 1. The molecule has 4 rings (SSSR count). The Balaban J connectivity index is 1.53. The summed E-state index contributed by atoms with van der Waals surface area (Å²) in [6.07, 6.45) is 2.72. The molecule has 0 bridgehead atoms. The maximum absolute atomic E-state index is 14.8. The summed E-state index contributed by atoms with van der Waals surface area (Å²) in [5, 5.41) is 12.5. The number of hydrogen-bond acceptors (Lipinski definition) is 6. The van der Waals surface area contributed by atoms with Gasteiger partial charge in [-0.3, -0.25) is 9.78 Å². The highest BCUT2D eigenvalue weighted by Gasteiger charge is 2.29. The Bertz CT molecular complexity index is 1150. The molecule has 3 aromatic rings. The lowest BCUT2D eigenvalue weighted by Gasteiger charge is -2.30. The van der Waals surface area contributed by atoms with Crippen molar-refractivity contribution in [2.45, 2.75) is 43.4 Å². The van der Waals surface area contributed by atoms with Gasteiger partial charge in [0.25, 0.3) is 0 Å². The Morgan fingerprint density at radius 1 is 1.00 bits per heavy atom. The number of ketones is 1. The molecular formula is C28H30F3N3O3. The maximum atomic E-state index is 14.8. The van der Waals surface area contributed by atoms with Crippen molar-refractivity contribution >= 4 is 5.78 Å². The second-order valence-electron chi connectivity index (χ2n) is 9.27. The van der Waals surface area contributed by atoms with Crippen LogP contribution in [0.3, 0.4) is 0 Å². The van der Waals surface area contributed by atoms with E-state index in [1.807, 2.05) is 0 Å². The standard InChI is InChI=1S/C28H30F3N3O3/c29-20-5-1-17(2-6-20)27(18-3-7-21(30)8-4-18)28(32)26(36)11-19-12-33-15-25(31)24(19)10-9-22-13-34-14-23(16-35)37-22/h1-8,12,15,22-23,27-28,34-35H,9-11,13-14,16,32H2/t22-,23+,28-/m1/s1. The summed E-state index contributed by atoms with van der Waals surface area (Å²) >= 11 is 0. The largest absolute Gasteiger partial charge is 0.394 e. The molecule has 0 unspecified atom stereocenters. The van der Waals surface area contributed by atoms with E-state index in [0.717, 1.165) is 6.20 Å². The molecule has 1 saturated heterocycles. The second kappa shape index (κ2) is 12.4. The Kier molecular flexibility index (Phi) is 9.04. The minimum absolute atomic E-state index is 0.103. The number of halogens is 3. The van der Waals surface area contributed by atoms with E-state index in [1.54, 1.807) is 24.3 Å². The van der Waals surface area contributed by atoms with Gasteiger partial charge in [-0.2, -0.15) is 0 Å². The van der Waals surface area contributed by atoms with Gasteiger partial charge in [0.15, 0.2) is 5.78 Å². The van der Waals surface area contributed by atoms with Crippen molar-refractivity contribution in [1.82, 2.24) is 10.3 Å². The second-order valence-corrected chi connectivity index (χ2v) is 9.27. The van der Waals surface area contributed by atoms with Crippen LogP contribution in [0.25, 0.3) is 0 Å². The Morgan fingerprint density at radius 3 is 2.19 bits per heavy atom. The predicted molar refractivity (Wildman–Crippen MR) is 132 cm³/mol. The normalized spacial score (nSPS) is 18.6. The molecule has 0 spiro atoms. The smallest absolute Gasteiger partial charge is 0.154 e. The molecule has 9 heteroatoms. The van der Waals surface area contributed by atoms with Crippen LogP contribution in [0.15, 0.2) is 60.9 Å². The zero-order valence-electron chi connectivity index (χ0n) is 20.2. The summed E-state index contributed by atoms with van der Waals surface area (Å²) in [4.78, 5) is 17.3. The van der Waals surface area contributed by atoms with E-state index in [1.165, 1.54) is 30.5 Å². The van der Waals surface area contributed by atoms with E-state index >= 15 is 0 Å². The third kappa shape index (κ3) is 6.81. The van der Waals surface area contributed by atoms with Crippen molar-refractivity contribution < 1.29 is 27.8 Å². The van der Waals surface area contributed by atoms with Crippen molar-refractivity contribution in [2.75, 3.05) is 19.7 Å². The van der Waals surface area contributed by atoms with Crippen molar-refractivity contribution in [1.29, 1.82) is 0 Å². The van der Waals surface area contributed by atoms with Crippen molar-refractivity contribution in [3.8, 4) is 0 Å². The molecule has 1 aliphatic heterocycles. The highest BCUT2D eigenvalue weighted by Crippen LogP contribution is 2.29. The van der Waals surface area contributed by atoms with Crippen LogP contribution in [0.4, 0.5) is 13.2 Å². The van der Waals surface area contributed by atoms with E-state index in [4.69, 9.17) is 10.5 Å². The lowest BCUT2D eigenvalue weighted by molar-refractivity contribution is -0.119. The van der Waals surface area contributed by atoms with Gasteiger partial charge in [-0.15, -0.1) is 0 Å². The fourth-order valence-electron chi connectivity index (χ4n) is 4.73. The van der Waals surface area contributed by atoms with Crippen molar-refractivity contribution in [2.24, 2.45) is 5.73 Å². The molecule has 1 aliphatic rings. The molecule has 0 saturated carbocycles. The third-order valence-electron chi connectivity index (χ3n) is 6.70. The van der Waals surface area contributed by atoms with Crippen molar-refractivity contribution in [3.63, 3.8) is 0 Å². The van der Waals surface area contributed by atoms with Crippen LogP contribution in [0, 0.1) is 17.5 Å². The van der Waals surface area contributed by atoms with Gasteiger partial charge >= 0.3 is 0 Å². The van der Waals surface area contributed by atoms with Crippen LogP contribution in [0.2, 0.25) is 0 Å². The number of morpholine rings is 1. The highest BCUT2D eigenvalue weighted by atomic mass is 19.1. The molecule has 6 nitrogen and oxygen atoms in total. The average molecular weight is 514 g/mol. The fourth-order valence-corrected chi connectivity index (χ4v) is 4.73. The number of nitrogens with one attached hydrogen (secondary N) is 1. The van der Waals surface area contributed by atoms with E-state index in [9.17, 15) is 23.1 Å². The maximum Gasteiger partial charge on any atom is 0.154 e. The molecule has 0 amide bonds. The van der Waals surface area contributed by atoms with Crippen LogP contribution in [0.5, 0.6) is 0 Å². The quantitative estimate of drug-likeness (QED) is 0.386.